The summed E-state index contributed by atoms with van der Waals surface area (Å²) in [5, 5.41) is 3.39. The van der Waals surface area contributed by atoms with Gasteiger partial charge in [0.15, 0.2) is 0 Å². The van der Waals surface area contributed by atoms with Crippen molar-refractivity contribution >= 4 is 34.7 Å². The Morgan fingerprint density at radius 2 is 1.80 bits per heavy atom. The van der Waals surface area contributed by atoms with Gasteiger partial charge in [-0.25, -0.2) is 24.7 Å². The number of imidazole rings is 1. The van der Waals surface area contributed by atoms with Gasteiger partial charge in [0, 0.05) is 69.2 Å². The molecule has 0 bridgehead atoms. The molecule has 0 spiro atoms. The van der Waals surface area contributed by atoms with E-state index in [0.717, 1.165) is 72.2 Å². The third-order valence-electron chi connectivity index (χ3n) is 7.41. The zero-order valence-corrected chi connectivity index (χ0v) is 23.9. The molecule has 2 aliphatic heterocycles. The van der Waals surface area contributed by atoms with Gasteiger partial charge in [0.25, 0.3) is 0 Å². The molecule has 11 nitrogen and oxygen atoms in total. The molecule has 41 heavy (non-hydrogen) atoms. The Morgan fingerprint density at radius 1 is 1.00 bits per heavy atom. The number of aromatic amines is 1. The molecule has 2 fully saturated rings. The van der Waals surface area contributed by atoms with Gasteiger partial charge in [0.1, 0.15) is 23.6 Å². The number of nitrogens with zero attached hydrogens (tertiary/aromatic N) is 7. The predicted octanol–water partition coefficient (Wildman–Crippen LogP) is 4.81. The quantitative estimate of drug-likeness (QED) is 0.346. The first-order chi connectivity index (χ1) is 19.8. The Balaban J connectivity index is 1.13. The van der Waals surface area contributed by atoms with Gasteiger partial charge in [-0.05, 0) is 51.8 Å². The fourth-order valence-corrected chi connectivity index (χ4v) is 5.30. The summed E-state index contributed by atoms with van der Waals surface area (Å²) in [6.07, 6.45) is 5.59. The van der Waals surface area contributed by atoms with Crippen LogP contribution in [0.15, 0.2) is 48.9 Å². The molecule has 2 aliphatic rings. The lowest BCUT2D eigenvalue weighted by molar-refractivity contribution is 0.0139. The van der Waals surface area contributed by atoms with Gasteiger partial charge in [-0.2, -0.15) is 0 Å². The van der Waals surface area contributed by atoms with Crippen molar-refractivity contribution in [3.8, 4) is 11.3 Å². The molecular weight excluding hydrogens is 518 g/mol. The Labute approximate surface area is 240 Å². The van der Waals surface area contributed by atoms with Crippen LogP contribution in [0.5, 0.6) is 0 Å². The van der Waals surface area contributed by atoms with Crippen LogP contribution in [0.4, 0.5) is 22.4 Å². The molecule has 0 saturated carbocycles. The standard InChI is InChI=1S/C30H37N9O2/c1-30(2,3)41-29(40)39-15-13-37(14-16-39)19-22-7-6-10-31-27(22)36-28-34-23-9-8-21(17-25(23)35-28)24-18-26(33-20-32-24)38-11-4-5-12-38/h6-10,17-18,20H,4-5,11-16,19H2,1-3H3,(H2,31,34,35,36). The van der Waals surface area contributed by atoms with Crippen LogP contribution in [0, 0.1) is 0 Å². The molecule has 2 saturated heterocycles. The summed E-state index contributed by atoms with van der Waals surface area (Å²) in [6.45, 7) is 11.3. The van der Waals surface area contributed by atoms with Crippen molar-refractivity contribution in [1.29, 1.82) is 0 Å². The highest BCUT2D eigenvalue weighted by atomic mass is 16.6. The van der Waals surface area contributed by atoms with E-state index in [0.29, 0.717) is 19.0 Å². The maximum atomic E-state index is 12.4. The van der Waals surface area contributed by atoms with Gasteiger partial charge in [-0.1, -0.05) is 12.1 Å². The minimum Gasteiger partial charge on any atom is -0.444 e. The topological polar surface area (TPSA) is 115 Å². The molecule has 0 unspecified atom stereocenters. The smallest absolute Gasteiger partial charge is 0.410 e. The minimum absolute atomic E-state index is 0.249. The predicted molar refractivity (Wildman–Crippen MR) is 159 cm³/mol. The largest absolute Gasteiger partial charge is 0.444 e. The summed E-state index contributed by atoms with van der Waals surface area (Å²) in [5.41, 5.74) is 4.26. The van der Waals surface area contributed by atoms with E-state index in [2.05, 4.69) is 53.3 Å². The van der Waals surface area contributed by atoms with Gasteiger partial charge in [0.2, 0.25) is 5.95 Å². The molecule has 3 aromatic heterocycles. The highest BCUT2D eigenvalue weighted by molar-refractivity contribution is 5.83. The number of carbonyl (C=O) groups excluding carboxylic acids is 1. The number of hydrogen-bond donors (Lipinski definition) is 2. The molecule has 0 aliphatic carbocycles. The zero-order valence-electron chi connectivity index (χ0n) is 23.9. The summed E-state index contributed by atoms with van der Waals surface area (Å²) >= 11 is 0. The van der Waals surface area contributed by atoms with E-state index in [1.165, 1.54) is 12.8 Å². The fraction of sp³-hybridized carbons (Fsp3) is 0.433. The van der Waals surface area contributed by atoms with Crippen LogP contribution < -0.4 is 10.2 Å². The first-order valence-corrected chi connectivity index (χ1v) is 14.3. The monoisotopic (exact) mass is 555 g/mol. The van der Waals surface area contributed by atoms with E-state index in [-0.39, 0.29) is 6.09 Å². The summed E-state index contributed by atoms with van der Waals surface area (Å²) in [7, 11) is 0. The van der Waals surface area contributed by atoms with E-state index in [1.807, 2.05) is 39.0 Å². The molecule has 2 N–H and O–H groups in total. The molecule has 6 rings (SSSR count). The summed E-state index contributed by atoms with van der Waals surface area (Å²) in [4.78, 5) is 40.6. The lowest BCUT2D eigenvalue weighted by atomic mass is 10.1. The average Bonchev–Trinajstić information content (AvgIpc) is 3.63. The second-order valence-corrected chi connectivity index (χ2v) is 11.7. The van der Waals surface area contributed by atoms with E-state index >= 15 is 0 Å². The molecule has 5 heterocycles. The van der Waals surface area contributed by atoms with Crippen LogP contribution >= 0.6 is 0 Å². The number of ether oxygens (including phenoxy) is 1. The normalized spacial score (nSPS) is 16.4. The Morgan fingerprint density at radius 3 is 2.59 bits per heavy atom. The minimum atomic E-state index is -0.491. The van der Waals surface area contributed by atoms with Crippen molar-refractivity contribution in [3.05, 3.63) is 54.5 Å². The third kappa shape index (κ3) is 6.40. The van der Waals surface area contributed by atoms with Gasteiger partial charge in [-0.15, -0.1) is 0 Å². The van der Waals surface area contributed by atoms with Crippen LogP contribution in [0.1, 0.15) is 39.2 Å². The lowest BCUT2D eigenvalue weighted by Crippen LogP contribution is -2.49. The van der Waals surface area contributed by atoms with Crippen molar-refractivity contribution in [2.45, 2.75) is 45.8 Å². The average molecular weight is 556 g/mol. The number of amides is 1. The number of anilines is 3. The SMILES string of the molecule is CC(C)(C)OC(=O)N1CCN(Cc2cccnc2Nc2nc3ccc(-c4cc(N5CCCC5)ncn4)cc3[nH]2)CC1. The second kappa shape index (κ2) is 11.3. The first-order valence-electron chi connectivity index (χ1n) is 14.3. The van der Waals surface area contributed by atoms with E-state index in [9.17, 15) is 4.79 Å². The van der Waals surface area contributed by atoms with Gasteiger partial charge in [0.05, 0.1) is 16.7 Å². The van der Waals surface area contributed by atoms with E-state index < -0.39 is 5.60 Å². The number of H-pyrrole nitrogens is 1. The molecule has 0 atom stereocenters. The maximum absolute atomic E-state index is 12.4. The van der Waals surface area contributed by atoms with Gasteiger partial charge >= 0.3 is 6.09 Å². The van der Waals surface area contributed by atoms with Crippen molar-refractivity contribution in [2.75, 3.05) is 49.5 Å². The maximum Gasteiger partial charge on any atom is 0.410 e. The van der Waals surface area contributed by atoms with Gasteiger partial charge < -0.3 is 24.8 Å². The molecule has 1 amide bonds. The molecule has 214 valence electrons. The molecule has 1 aromatic carbocycles. The fourth-order valence-electron chi connectivity index (χ4n) is 5.30. The van der Waals surface area contributed by atoms with E-state index in [4.69, 9.17) is 9.72 Å². The summed E-state index contributed by atoms with van der Waals surface area (Å²) in [5.74, 6) is 2.37. The number of aromatic nitrogens is 5. The lowest BCUT2D eigenvalue weighted by Gasteiger charge is -2.35. The Kier molecular flexibility index (Phi) is 7.44. The highest BCUT2D eigenvalue weighted by Crippen LogP contribution is 2.27. The Bertz CT molecular complexity index is 1520. The number of pyridine rings is 1. The molecular formula is C30H37N9O2. The second-order valence-electron chi connectivity index (χ2n) is 11.7. The van der Waals surface area contributed by atoms with E-state index in [1.54, 1.807) is 17.4 Å². The van der Waals surface area contributed by atoms with Crippen LogP contribution in [-0.4, -0.2) is 85.7 Å². The van der Waals surface area contributed by atoms with Crippen molar-refractivity contribution in [3.63, 3.8) is 0 Å². The number of fused-ring (bicyclic) bond motifs is 1. The third-order valence-corrected chi connectivity index (χ3v) is 7.41. The molecule has 11 heteroatoms. The summed E-state index contributed by atoms with van der Waals surface area (Å²) in [6, 6.07) is 12.2. The van der Waals surface area contributed by atoms with Crippen LogP contribution in [0.25, 0.3) is 22.3 Å². The number of nitrogens with one attached hydrogen (secondary N) is 2. The summed E-state index contributed by atoms with van der Waals surface area (Å²) < 4.78 is 5.53. The number of piperazine rings is 1. The highest BCUT2D eigenvalue weighted by Gasteiger charge is 2.26. The van der Waals surface area contributed by atoms with Crippen molar-refractivity contribution < 1.29 is 9.53 Å². The van der Waals surface area contributed by atoms with Crippen LogP contribution in [-0.2, 0) is 11.3 Å². The van der Waals surface area contributed by atoms with Crippen LogP contribution in [0.3, 0.4) is 0 Å². The van der Waals surface area contributed by atoms with Gasteiger partial charge in [-0.3, -0.25) is 4.90 Å². The van der Waals surface area contributed by atoms with Crippen molar-refractivity contribution in [1.82, 2.24) is 34.7 Å². The number of rotatable bonds is 6. The van der Waals surface area contributed by atoms with Crippen molar-refractivity contribution in [2.24, 2.45) is 0 Å². The molecule has 0 radical (unpaired) electrons. The zero-order chi connectivity index (χ0) is 28.4. The van der Waals surface area contributed by atoms with Crippen LogP contribution in [0.2, 0.25) is 0 Å². The number of benzene rings is 1. The molecule has 4 aromatic rings. The first kappa shape index (κ1) is 26.9. The Hall–Kier alpha value is -4.25. The number of carbonyl (C=O) groups is 1. The number of hydrogen-bond acceptors (Lipinski definition) is 9.